The van der Waals surface area contributed by atoms with Gasteiger partial charge in [-0.05, 0) is 28.1 Å². The Morgan fingerprint density at radius 2 is 2.29 bits per heavy atom. The molecule has 110 valence electrons. The van der Waals surface area contributed by atoms with Gasteiger partial charge in [-0.15, -0.1) is 0 Å². The first-order valence-corrected chi connectivity index (χ1v) is 7.26. The second-order valence-corrected chi connectivity index (χ2v) is 5.95. The number of hydrogen-bond donors (Lipinski definition) is 2. The number of amides is 1. The van der Waals surface area contributed by atoms with Crippen molar-refractivity contribution in [2.24, 2.45) is 7.05 Å². The van der Waals surface area contributed by atoms with Crippen molar-refractivity contribution in [2.75, 3.05) is 17.3 Å². The van der Waals surface area contributed by atoms with E-state index in [1.807, 2.05) is 35.8 Å². The molecule has 2 N–H and O–H groups in total. The monoisotopic (exact) mass is 350 g/mol. The molecule has 1 aliphatic rings. The van der Waals surface area contributed by atoms with E-state index in [0.717, 1.165) is 16.0 Å². The van der Waals surface area contributed by atoms with Crippen LogP contribution in [-0.4, -0.2) is 27.6 Å². The zero-order valence-corrected chi connectivity index (χ0v) is 13.3. The van der Waals surface area contributed by atoms with Gasteiger partial charge in [0.25, 0.3) is 5.91 Å². The van der Waals surface area contributed by atoms with Crippen LogP contribution in [0, 0.1) is 0 Å². The van der Waals surface area contributed by atoms with Gasteiger partial charge in [-0.3, -0.25) is 4.79 Å². The number of nitrogens with one attached hydrogen (secondary N) is 1. The largest absolute Gasteiger partial charge is 0.378 e. The summed E-state index contributed by atoms with van der Waals surface area (Å²) in [5, 5.41) is 12.5. The third-order valence-corrected chi connectivity index (χ3v) is 4.27. The zero-order chi connectivity index (χ0) is 15.1. The van der Waals surface area contributed by atoms with Crippen LogP contribution < -0.4 is 10.2 Å². The molecule has 2 aromatic rings. The number of imidazole rings is 1. The molecule has 0 fully saturated rings. The quantitative estimate of drug-likeness (QED) is 0.885. The Bertz CT molecular complexity index is 713. The smallest absolute Gasteiger partial charge is 0.257 e. The Morgan fingerprint density at radius 3 is 2.95 bits per heavy atom. The van der Waals surface area contributed by atoms with Crippen molar-refractivity contribution in [2.45, 2.75) is 12.6 Å². The Balaban J connectivity index is 1.91. The molecule has 1 aliphatic heterocycles. The summed E-state index contributed by atoms with van der Waals surface area (Å²) in [5.41, 5.74) is 2.17. The van der Waals surface area contributed by atoms with E-state index in [1.165, 1.54) is 0 Å². The minimum absolute atomic E-state index is 0.388. The lowest BCUT2D eigenvalue weighted by molar-refractivity contribution is -0.123. The minimum Gasteiger partial charge on any atom is -0.378 e. The van der Waals surface area contributed by atoms with Gasteiger partial charge in [-0.2, -0.15) is 0 Å². The number of carbonyl (C=O) groups excluding carboxylic acids is 1. The van der Waals surface area contributed by atoms with Gasteiger partial charge in [-0.1, -0.05) is 0 Å². The maximum absolute atomic E-state index is 11.5. The molecule has 1 aromatic carbocycles. The predicted molar refractivity (Wildman–Crippen MR) is 83.0 cm³/mol. The fourth-order valence-electron chi connectivity index (χ4n) is 2.39. The first-order valence-electron chi connectivity index (χ1n) is 6.47. The molecule has 3 rings (SSSR count). The van der Waals surface area contributed by atoms with Gasteiger partial charge in [0.1, 0.15) is 5.82 Å². The van der Waals surface area contributed by atoms with Gasteiger partial charge < -0.3 is 19.9 Å². The highest BCUT2D eigenvalue weighted by molar-refractivity contribution is 9.10. The molecule has 2 heterocycles. The molecule has 1 amide bonds. The lowest BCUT2D eigenvalue weighted by Gasteiger charge is -2.21. The third kappa shape index (κ3) is 2.43. The number of hydrogen-bond acceptors (Lipinski definition) is 4. The molecule has 0 saturated carbocycles. The lowest BCUT2D eigenvalue weighted by Crippen LogP contribution is -2.19. The standard InChI is InChI=1S/C14H15BrN4O2/c1-18-4-3-16-12(18)7-19(2)11-6-10-8(5-9(11)15)13(20)14(21)17-10/h3-6,13,20H,7H2,1-2H3,(H,17,21). The van der Waals surface area contributed by atoms with Crippen molar-refractivity contribution in [3.8, 4) is 0 Å². The molecule has 0 radical (unpaired) electrons. The van der Waals surface area contributed by atoms with Crippen molar-refractivity contribution < 1.29 is 9.90 Å². The number of anilines is 2. The van der Waals surface area contributed by atoms with E-state index in [9.17, 15) is 9.90 Å². The summed E-state index contributed by atoms with van der Waals surface area (Å²) in [5.74, 6) is 0.551. The SMILES string of the molecule is CN(Cc1nccn1C)c1cc2c(cc1Br)C(O)C(=O)N2. The molecule has 0 saturated heterocycles. The number of aryl methyl sites for hydroxylation is 1. The van der Waals surface area contributed by atoms with Gasteiger partial charge in [0, 0.05) is 42.2 Å². The molecule has 1 atom stereocenters. The lowest BCUT2D eigenvalue weighted by atomic mass is 10.1. The summed E-state index contributed by atoms with van der Waals surface area (Å²) in [6, 6.07) is 3.64. The maximum Gasteiger partial charge on any atom is 0.257 e. The maximum atomic E-state index is 11.5. The Hall–Kier alpha value is -1.86. The van der Waals surface area contributed by atoms with Gasteiger partial charge in [0.15, 0.2) is 6.10 Å². The number of carbonyl (C=O) groups is 1. The summed E-state index contributed by atoms with van der Waals surface area (Å²) in [7, 11) is 3.90. The van der Waals surface area contributed by atoms with Crippen LogP contribution >= 0.6 is 15.9 Å². The van der Waals surface area contributed by atoms with E-state index >= 15 is 0 Å². The average molecular weight is 351 g/mol. The second kappa shape index (κ2) is 5.16. The first-order chi connectivity index (χ1) is 9.97. The second-order valence-electron chi connectivity index (χ2n) is 5.09. The third-order valence-electron chi connectivity index (χ3n) is 3.63. The molecule has 7 heteroatoms. The molecule has 6 nitrogen and oxygen atoms in total. The first kappa shape index (κ1) is 14.1. The zero-order valence-electron chi connectivity index (χ0n) is 11.7. The Labute approximate surface area is 130 Å². The van der Waals surface area contributed by atoms with E-state index in [0.29, 0.717) is 17.8 Å². The van der Waals surface area contributed by atoms with Crippen LogP contribution in [0.4, 0.5) is 11.4 Å². The topological polar surface area (TPSA) is 70.4 Å². The number of aliphatic hydroxyl groups is 1. The van der Waals surface area contributed by atoms with Crippen LogP contribution in [0.1, 0.15) is 17.5 Å². The molecular formula is C14H15BrN4O2. The molecule has 0 bridgehead atoms. The number of nitrogens with zero attached hydrogens (tertiary/aromatic N) is 3. The van der Waals surface area contributed by atoms with Crippen LogP contribution in [0.25, 0.3) is 0 Å². The number of fused-ring (bicyclic) bond motifs is 1. The summed E-state index contributed by atoms with van der Waals surface area (Å²) in [6.45, 7) is 0.636. The van der Waals surface area contributed by atoms with Crippen LogP contribution in [0.15, 0.2) is 29.0 Å². The average Bonchev–Trinajstić information content (AvgIpc) is 2.95. The number of benzene rings is 1. The Kier molecular flexibility index (Phi) is 3.46. The Morgan fingerprint density at radius 1 is 1.52 bits per heavy atom. The van der Waals surface area contributed by atoms with E-state index in [-0.39, 0.29) is 5.91 Å². The van der Waals surface area contributed by atoms with Crippen LogP contribution in [-0.2, 0) is 18.4 Å². The van der Waals surface area contributed by atoms with Gasteiger partial charge in [0.2, 0.25) is 0 Å². The molecule has 0 aliphatic carbocycles. The van der Waals surface area contributed by atoms with E-state index in [2.05, 4.69) is 26.2 Å². The number of halogens is 1. The summed E-state index contributed by atoms with van der Waals surface area (Å²) in [4.78, 5) is 17.9. The molecule has 0 spiro atoms. The van der Waals surface area contributed by atoms with Gasteiger partial charge in [0.05, 0.1) is 12.2 Å². The van der Waals surface area contributed by atoms with Crippen molar-refractivity contribution in [3.63, 3.8) is 0 Å². The van der Waals surface area contributed by atoms with Gasteiger partial charge in [-0.25, -0.2) is 4.98 Å². The molecule has 21 heavy (non-hydrogen) atoms. The predicted octanol–water partition coefficient (Wildman–Crippen LogP) is 1.80. The fourth-order valence-corrected chi connectivity index (χ4v) is 3.06. The fraction of sp³-hybridized carbons (Fsp3) is 0.286. The van der Waals surface area contributed by atoms with Gasteiger partial charge >= 0.3 is 0 Å². The normalized spacial score (nSPS) is 16.8. The van der Waals surface area contributed by atoms with Crippen molar-refractivity contribution in [3.05, 3.63) is 40.4 Å². The van der Waals surface area contributed by atoms with E-state index in [4.69, 9.17) is 0 Å². The molecular weight excluding hydrogens is 336 g/mol. The van der Waals surface area contributed by atoms with Crippen molar-refractivity contribution in [1.29, 1.82) is 0 Å². The summed E-state index contributed by atoms with van der Waals surface area (Å²) >= 11 is 3.50. The molecule has 1 aromatic heterocycles. The van der Waals surface area contributed by atoms with Crippen molar-refractivity contribution >= 4 is 33.2 Å². The summed E-state index contributed by atoms with van der Waals surface area (Å²) in [6.07, 6.45) is 2.57. The number of aromatic nitrogens is 2. The summed E-state index contributed by atoms with van der Waals surface area (Å²) < 4.78 is 2.79. The van der Waals surface area contributed by atoms with Crippen molar-refractivity contribution in [1.82, 2.24) is 9.55 Å². The molecule has 1 unspecified atom stereocenters. The highest BCUT2D eigenvalue weighted by Crippen LogP contribution is 2.38. The van der Waals surface area contributed by atoms with E-state index < -0.39 is 6.10 Å². The number of rotatable bonds is 3. The van der Waals surface area contributed by atoms with E-state index in [1.54, 1.807) is 12.3 Å². The minimum atomic E-state index is -1.09. The van der Waals surface area contributed by atoms with Crippen LogP contribution in [0.5, 0.6) is 0 Å². The highest BCUT2D eigenvalue weighted by atomic mass is 79.9. The highest BCUT2D eigenvalue weighted by Gasteiger charge is 2.29. The van der Waals surface area contributed by atoms with Crippen LogP contribution in [0.3, 0.4) is 0 Å². The number of aliphatic hydroxyl groups excluding tert-OH is 1. The van der Waals surface area contributed by atoms with Crippen LogP contribution in [0.2, 0.25) is 0 Å².